The van der Waals surface area contributed by atoms with Crippen LogP contribution in [0.15, 0.2) is 24.3 Å². The standard InChI is InChI=1S/C12H11FN2O3/c1-17-7-3-4-8(9(13)5-7)10-6-11(15-14-10)12(16)18-2/h3-6H,1-2H3,(H,14,15). The Morgan fingerprint density at radius 1 is 1.33 bits per heavy atom. The third-order valence-electron chi connectivity index (χ3n) is 2.44. The van der Waals surface area contributed by atoms with Crippen LogP contribution in [0.1, 0.15) is 10.5 Å². The topological polar surface area (TPSA) is 64.2 Å². The molecular weight excluding hydrogens is 239 g/mol. The number of ether oxygens (including phenoxy) is 2. The Balaban J connectivity index is 2.37. The van der Waals surface area contributed by atoms with Gasteiger partial charge >= 0.3 is 5.97 Å². The molecule has 0 unspecified atom stereocenters. The number of benzene rings is 1. The van der Waals surface area contributed by atoms with Crippen molar-refractivity contribution in [1.82, 2.24) is 10.2 Å². The minimum absolute atomic E-state index is 0.169. The second kappa shape index (κ2) is 4.87. The lowest BCUT2D eigenvalue weighted by molar-refractivity contribution is 0.0594. The molecule has 5 nitrogen and oxygen atoms in total. The van der Waals surface area contributed by atoms with Crippen LogP contribution >= 0.6 is 0 Å². The van der Waals surface area contributed by atoms with Crippen LogP contribution in [0.25, 0.3) is 11.3 Å². The molecule has 0 bridgehead atoms. The molecule has 0 fully saturated rings. The van der Waals surface area contributed by atoms with Crippen molar-refractivity contribution in [3.8, 4) is 17.0 Å². The monoisotopic (exact) mass is 250 g/mol. The zero-order valence-corrected chi connectivity index (χ0v) is 9.86. The number of rotatable bonds is 3. The fourth-order valence-electron chi connectivity index (χ4n) is 1.50. The van der Waals surface area contributed by atoms with E-state index in [2.05, 4.69) is 14.9 Å². The van der Waals surface area contributed by atoms with Crippen LogP contribution in [0.2, 0.25) is 0 Å². The number of aromatic amines is 1. The van der Waals surface area contributed by atoms with Gasteiger partial charge in [0.15, 0.2) is 0 Å². The van der Waals surface area contributed by atoms with E-state index in [1.807, 2.05) is 0 Å². The highest BCUT2D eigenvalue weighted by atomic mass is 19.1. The molecule has 1 aromatic carbocycles. The highest BCUT2D eigenvalue weighted by molar-refractivity contribution is 5.88. The van der Waals surface area contributed by atoms with E-state index in [9.17, 15) is 9.18 Å². The van der Waals surface area contributed by atoms with E-state index in [1.165, 1.54) is 32.4 Å². The van der Waals surface area contributed by atoms with Gasteiger partial charge in [-0.2, -0.15) is 5.10 Å². The molecule has 0 amide bonds. The number of hydrogen-bond acceptors (Lipinski definition) is 4. The predicted molar refractivity (Wildman–Crippen MR) is 61.9 cm³/mol. The molecule has 94 valence electrons. The number of nitrogens with one attached hydrogen (secondary N) is 1. The first kappa shape index (κ1) is 12.1. The normalized spacial score (nSPS) is 10.2. The van der Waals surface area contributed by atoms with E-state index < -0.39 is 11.8 Å². The number of aromatic nitrogens is 2. The SMILES string of the molecule is COC(=O)c1cc(-c2ccc(OC)cc2F)n[nH]1. The summed E-state index contributed by atoms with van der Waals surface area (Å²) < 4.78 is 23.2. The van der Waals surface area contributed by atoms with Gasteiger partial charge in [-0.15, -0.1) is 0 Å². The van der Waals surface area contributed by atoms with Crippen LogP contribution in [0.5, 0.6) is 5.75 Å². The summed E-state index contributed by atoms with van der Waals surface area (Å²) in [6.45, 7) is 0. The van der Waals surface area contributed by atoms with Crippen molar-refractivity contribution in [3.63, 3.8) is 0 Å². The maximum absolute atomic E-state index is 13.8. The molecule has 18 heavy (non-hydrogen) atoms. The zero-order valence-electron chi connectivity index (χ0n) is 9.86. The average molecular weight is 250 g/mol. The number of halogens is 1. The number of H-pyrrole nitrogens is 1. The number of esters is 1. The van der Waals surface area contributed by atoms with Gasteiger partial charge in [-0.05, 0) is 18.2 Å². The Morgan fingerprint density at radius 2 is 2.11 bits per heavy atom. The molecule has 0 atom stereocenters. The van der Waals surface area contributed by atoms with E-state index in [0.717, 1.165) is 0 Å². The largest absolute Gasteiger partial charge is 0.497 e. The number of hydrogen-bond donors (Lipinski definition) is 1. The summed E-state index contributed by atoms with van der Waals surface area (Å²) in [5.74, 6) is -0.611. The van der Waals surface area contributed by atoms with E-state index in [4.69, 9.17) is 4.74 Å². The molecule has 0 saturated carbocycles. The fraction of sp³-hybridized carbons (Fsp3) is 0.167. The van der Waals surface area contributed by atoms with Crippen molar-refractivity contribution in [2.75, 3.05) is 14.2 Å². The third-order valence-corrected chi connectivity index (χ3v) is 2.44. The molecule has 0 aliphatic rings. The lowest BCUT2D eigenvalue weighted by atomic mass is 10.1. The molecule has 6 heteroatoms. The summed E-state index contributed by atoms with van der Waals surface area (Å²) in [5.41, 5.74) is 0.778. The maximum atomic E-state index is 13.8. The number of nitrogens with zero attached hydrogens (tertiary/aromatic N) is 1. The second-order valence-electron chi connectivity index (χ2n) is 3.50. The second-order valence-corrected chi connectivity index (χ2v) is 3.50. The molecule has 0 radical (unpaired) electrons. The molecule has 1 N–H and O–H groups in total. The Hall–Kier alpha value is -2.37. The van der Waals surface area contributed by atoms with Gasteiger partial charge in [-0.3, -0.25) is 5.10 Å². The van der Waals surface area contributed by atoms with Crippen LogP contribution < -0.4 is 4.74 Å². The van der Waals surface area contributed by atoms with Crippen molar-refractivity contribution in [1.29, 1.82) is 0 Å². The molecule has 2 rings (SSSR count). The Morgan fingerprint density at radius 3 is 2.72 bits per heavy atom. The number of carbonyl (C=O) groups is 1. The van der Waals surface area contributed by atoms with E-state index in [-0.39, 0.29) is 11.3 Å². The number of carbonyl (C=O) groups excluding carboxylic acids is 1. The lowest BCUT2D eigenvalue weighted by Crippen LogP contribution is -2.00. The highest BCUT2D eigenvalue weighted by Gasteiger charge is 2.14. The van der Waals surface area contributed by atoms with Crippen molar-refractivity contribution in [2.45, 2.75) is 0 Å². The third kappa shape index (κ3) is 2.17. The summed E-state index contributed by atoms with van der Waals surface area (Å²) in [4.78, 5) is 11.2. The van der Waals surface area contributed by atoms with Gasteiger partial charge in [0.25, 0.3) is 0 Å². The van der Waals surface area contributed by atoms with Crippen molar-refractivity contribution in [3.05, 3.63) is 35.8 Å². The van der Waals surface area contributed by atoms with Gasteiger partial charge in [-0.1, -0.05) is 0 Å². The van der Waals surface area contributed by atoms with Crippen LogP contribution in [0, 0.1) is 5.82 Å². The van der Waals surface area contributed by atoms with Crippen LogP contribution in [0.4, 0.5) is 4.39 Å². The summed E-state index contributed by atoms with van der Waals surface area (Å²) in [6.07, 6.45) is 0. The van der Waals surface area contributed by atoms with Gasteiger partial charge in [0.1, 0.15) is 17.3 Å². The zero-order chi connectivity index (χ0) is 13.1. The summed E-state index contributed by atoms with van der Waals surface area (Å²) >= 11 is 0. The smallest absolute Gasteiger partial charge is 0.356 e. The molecule has 0 aliphatic carbocycles. The van der Waals surface area contributed by atoms with Crippen LogP contribution in [-0.2, 0) is 4.74 Å². The summed E-state index contributed by atoms with van der Waals surface area (Å²) in [7, 11) is 2.72. The molecule has 2 aromatic rings. The van der Waals surface area contributed by atoms with Gasteiger partial charge in [0.05, 0.1) is 19.9 Å². The first-order chi connectivity index (χ1) is 8.65. The Bertz CT molecular complexity index is 580. The summed E-state index contributed by atoms with van der Waals surface area (Å²) in [6, 6.07) is 5.83. The van der Waals surface area contributed by atoms with Crippen molar-refractivity contribution >= 4 is 5.97 Å². The Kier molecular flexibility index (Phi) is 3.27. The van der Waals surface area contributed by atoms with E-state index in [1.54, 1.807) is 6.07 Å². The van der Waals surface area contributed by atoms with E-state index >= 15 is 0 Å². The van der Waals surface area contributed by atoms with Gasteiger partial charge in [0.2, 0.25) is 0 Å². The van der Waals surface area contributed by atoms with Gasteiger partial charge < -0.3 is 9.47 Å². The maximum Gasteiger partial charge on any atom is 0.356 e. The van der Waals surface area contributed by atoms with Gasteiger partial charge in [0, 0.05) is 11.6 Å². The lowest BCUT2D eigenvalue weighted by Gasteiger charge is -2.02. The molecule has 0 aliphatic heterocycles. The quantitative estimate of drug-likeness (QED) is 0.846. The molecule has 1 aromatic heterocycles. The minimum atomic E-state index is -0.553. The van der Waals surface area contributed by atoms with Crippen molar-refractivity contribution in [2.24, 2.45) is 0 Å². The first-order valence-corrected chi connectivity index (χ1v) is 5.13. The molecule has 0 spiro atoms. The average Bonchev–Trinajstić information content (AvgIpc) is 2.87. The molecule has 0 saturated heterocycles. The highest BCUT2D eigenvalue weighted by Crippen LogP contribution is 2.25. The van der Waals surface area contributed by atoms with Crippen LogP contribution in [-0.4, -0.2) is 30.4 Å². The molecule has 1 heterocycles. The van der Waals surface area contributed by atoms with Gasteiger partial charge in [-0.25, -0.2) is 9.18 Å². The minimum Gasteiger partial charge on any atom is -0.497 e. The first-order valence-electron chi connectivity index (χ1n) is 5.13. The Labute approximate surface area is 103 Å². The number of methoxy groups -OCH3 is 2. The van der Waals surface area contributed by atoms with E-state index in [0.29, 0.717) is 11.4 Å². The molecular formula is C12H11FN2O3. The predicted octanol–water partition coefficient (Wildman–Crippen LogP) is 2.01. The van der Waals surface area contributed by atoms with Crippen LogP contribution in [0.3, 0.4) is 0 Å². The summed E-state index contributed by atoms with van der Waals surface area (Å²) in [5, 5.41) is 6.35. The van der Waals surface area contributed by atoms with Crippen molar-refractivity contribution < 1.29 is 18.7 Å². The fourth-order valence-corrected chi connectivity index (χ4v) is 1.50.